The summed E-state index contributed by atoms with van der Waals surface area (Å²) in [5.41, 5.74) is 1.51. The molecule has 3 heteroatoms. The lowest BCUT2D eigenvalue weighted by Crippen LogP contribution is -2.33. The number of nitriles is 1. The largest absolute Gasteiger partial charge is 0.339 e. The monoisotopic (exact) mass is 272 g/mol. The van der Waals surface area contributed by atoms with Crippen LogP contribution in [0.15, 0.2) is 24.3 Å². The van der Waals surface area contributed by atoms with Crippen molar-refractivity contribution in [3.05, 3.63) is 35.4 Å². The Balaban J connectivity index is 2.90. The Morgan fingerprint density at radius 2 is 1.75 bits per heavy atom. The van der Waals surface area contributed by atoms with E-state index < -0.39 is 0 Å². The Labute approximate surface area is 122 Å². The third kappa shape index (κ3) is 4.70. The first-order valence-corrected chi connectivity index (χ1v) is 7.48. The van der Waals surface area contributed by atoms with E-state index in [1.165, 1.54) is 0 Å². The number of nitrogens with zero attached hydrogens (tertiary/aromatic N) is 2. The first-order valence-electron chi connectivity index (χ1n) is 7.48. The fourth-order valence-electron chi connectivity index (χ4n) is 2.15. The van der Waals surface area contributed by atoms with Crippen LogP contribution in [0.1, 0.15) is 55.5 Å². The summed E-state index contributed by atoms with van der Waals surface area (Å²) in [5, 5.41) is 8.87. The number of carbonyl (C=O) groups is 1. The van der Waals surface area contributed by atoms with Crippen molar-refractivity contribution in [2.75, 3.05) is 13.1 Å². The molecule has 0 heterocycles. The third-order valence-corrected chi connectivity index (χ3v) is 3.37. The van der Waals surface area contributed by atoms with Crippen molar-refractivity contribution in [1.29, 1.82) is 5.26 Å². The van der Waals surface area contributed by atoms with E-state index in [0.29, 0.717) is 5.56 Å². The van der Waals surface area contributed by atoms with Gasteiger partial charge in [0.2, 0.25) is 0 Å². The van der Waals surface area contributed by atoms with Crippen LogP contribution in [-0.2, 0) is 6.42 Å². The van der Waals surface area contributed by atoms with Crippen molar-refractivity contribution in [3.8, 4) is 6.07 Å². The number of amides is 1. The van der Waals surface area contributed by atoms with Crippen molar-refractivity contribution in [3.63, 3.8) is 0 Å². The van der Waals surface area contributed by atoms with Crippen LogP contribution < -0.4 is 0 Å². The van der Waals surface area contributed by atoms with Gasteiger partial charge in [0.15, 0.2) is 0 Å². The molecular formula is C17H24N2O. The van der Waals surface area contributed by atoms with Gasteiger partial charge in [0.25, 0.3) is 5.91 Å². The molecule has 0 saturated heterocycles. The van der Waals surface area contributed by atoms with Crippen molar-refractivity contribution < 1.29 is 4.79 Å². The maximum absolute atomic E-state index is 12.7. The molecule has 0 aliphatic rings. The van der Waals surface area contributed by atoms with E-state index in [2.05, 4.69) is 19.9 Å². The number of carbonyl (C=O) groups excluding carboxylic acids is 1. The summed E-state index contributed by atoms with van der Waals surface area (Å²) in [5.74, 6) is 0.0674. The predicted molar refractivity (Wildman–Crippen MR) is 81.5 cm³/mol. The molecule has 0 radical (unpaired) electrons. The molecule has 1 amide bonds. The topological polar surface area (TPSA) is 44.1 Å². The SMILES string of the molecule is CCCCN(CCCC)C(=O)c1ccccc1CC#N. The summed E-state index contributed by atoms with van der Waals surface area (Å²) < 4.78 is 0. The van der Waals surface area contributed by atoms with Gasteiger partial charge in [-0.25, -0.2) is 0 Å². The molecular weight excluding hydrogens is 248 g/mol. The van der Waals surface area contributed by atoms with E-state index in [9.17, 15) is 4.79 Å². The quantitative estimate of drug-likeness (QED) is 0.722. The van der Waals surface area contributed by atoms with E-state index in [1.54, 1.807) is 0 Å². The van der Waals surface area contributed by atoms with Crippen LogP contribution >= 0.6 is 0 Å². The van der Waals surface area contributed by atoms with Crippen molar-refractivity contribution in [2.24, 2.45) is 0 Å². The second kappa shape index (κ2) is 9.14. The molecule has 0 aromatic heterocycles. The Morgan fingerprint density at radius 1 is 1.15 bits per heavy atom. The van der Waals surface area contributed by atoms with Gasteiger partial charge >= 0.3 is 0 Å². The molecule has 0 bridgehead atoms. The Hall–Kier alpha value is -1.82. The Morgan fingerprint density at radius 3 is 2.30 bits per heavy atom. The van der Waals surface area contributed by atoms with Gasteiger partial charge in [0.1, 0.15) is 0 Å². The second-order valence-corrected chi connectivity index (χ2v) is 4.99. The van der Waals surface area contributed by atoms with Crippen molar-refractivity contribution in [1.82, 2.24) is 4.90 Å². The van der Waals surface area contributed by atoms with E-state index >= 15 is 0 Å². The molecule has 1 aromatic carbocycles. The summed E-state index contributed by atoms with van der Waals surface area (Å²) >= 11 is 0. The molecule has 20 heavy (non-hydrogen) atoms. The van der Waals surface area contributed by atoms with Crippen LogP contribution in [0.2, 0.25) is 0 Å². The van der Waals surface area contributed by atoms with Crippen LogP contribution in [-0.4, -0.2) is 23.9 Å². The highest BCUT2D eigenvalue weighted by atomic mass is 16.2. The van der Waals surface area contributed by atoms with Gasteiger partial charge in [0, 0.05) is 18.7 Å². The van der Waals surface area contributed by atoms with Gasteiger partial charge in [0.05, 0.1) is 12.5 Å². The molecule has 0 aliphatic heterocycles. The molecule has 0 N–H and O–H groups in total. The average Bonchev–Trinajstić information content (AvgIpc) is 2.48. The minimum absolute atomic E-state index is 0.0674. The van der Waals surface area contributed by atoms with Gasteiger partial charge < -0.3 is 4.90 Å². The van der Waals surface area contributed by atoms with E-state index in [4.69, 9.17) is 5.26 Å². The van der Waals surface area contributed by atoms with Crippen LogP contribution in [0.25, 0.3) is 0 Å². The second-order valence-electron chi connectivity index (χ2n) is 4.99. The van der Waals surface area contributed by atoms with E-state index in [0.717, 1.165) is 44.3 Å². The average molecular weight is 272 g/mol. The fourth-order valence-corrected chi connectivity index (χ4v) is 2.15. The minimum Gasteiger partial charge on any atom is -0.339 e. The van der Waals surface area contributed by atoms with E-state index in [1.807, 2.05) is 29.2 Å². The summed E-state index contributed by atoms with van der Waals surface area (Å²) in [6.45, 7) is 5.87. The number of benzene rings is 1. The number of hydrogen-bond acceptors (Lipinski definition) is 2. The van der Waals surface area contributed by atoms with Crippen LogP contribution in [0.3, 0.4) is 0 Å². The number of rotatable bonds is 8. The standard InChI is InChI=1S/C17H24N2O/c1-3-5-13-19(14-6-4-2)17(20)16-10-8-7-9-15(16)11-12-18/h7-10H,3-6,11,13-14H2,1-2H3. The third-order valence-electron chi connectivity index (χ3n) is 3.37. The van der Waals surface area contributed by atoms with Crippen LogP contribution in [0.4, 0.5) is 0 Å². The van der Waals surface area contributed by atoms with Crippen molar-refractivity contribution in [2.45, 2.75) is 46.0 Å². The first kappa shape index (κ1) is 16.2. The maximum Gasteiger partial charge on any atom is 0.254 e. The maximum atomic E-state index is 12.7. The van der Waals surface area contributed by atoms with Gasteiger partial charge in [-0.15, -0.1) is 0 Å². The molecule has 0 aliphatic carbocycles. The lowest BCUT2D eigenvalue weighted by Gasteiger charge is -2.23. The molecule has 0 atom stereocenters. The smallest absolute Gasteiger partial charge is 0.254 e. The summed E-state index contributed by atoms with van der Waals surface area (Å²) in [7, 11) is 0. The summed E-state index contributed by atoms with van der Waals surface area (Å²) in [4.78, 5) is 14.6. The predicted octanol–water partition coefficient (Wildman–Crippen LogP) is 3.80. The highest BCUT2D eigenvalue weighted by molar-refractivity contribution is 5.95. The summed E-state index contributed by atoms with van der Waals surface area (Å²) in [6.07, 6.45) is 4.49. The number of unbranched alkanes of at least 4 members (excludes halogenated alkanes) is 2. The normalized spacial score (nSPS) is 10.1. The molecule has 0 unspecified atom stereocenters. The molecule has 1 aromatic rings. The fraction of sp³-hybridized carbons (Fsp3) is 0.529. The van der Waals surface area contributed by atoms with Crippen LogP contribution in [0, 0.1) is 11.3 Å². The lowest BCUT2D eigenvalue weighted by atomic mass is 10.0. The lowest BCUT2D eigenvalue weighted by molar-refractivity contribution is 0.0750. The first-order chi connectivity index (χ1) is 9.74. The summed E-state index contributed by atoms with van der Waals surface area (Å²) in [6, 6.07) is 9.58. The van der Waals surface area contributed by atoms with Crippen molar-refractivity contribution >= 4 is 5.91 Å². The van der Waals surface area contributed by atoms with Gasteiger partial charge in [-0.2, -0.15) is 5.26 Å². The van der Waals surface area contributed by atoms with E-state index in [-0.39, 0.29) is 12.3 Å². The number of hydrogen-bond donors (Lipinski definition) is 0. The zero-order valence-corrected chi connectivity index (χ0v) is 12.6. The van der Waals surface area contributed by atoms with Gasteiger partial charge in [-0.1, -0.05) is 44.9 Å². The molecule has 0 saturated carbocycles. The molecule has 108 valence electrons. The van der Waals surface area contributed by atoms with Gasteiger partial charge in [-0.3, -0.25) is 4.79 Å². The molecule has 1 rings (SSSR count). The molecule has 3 nitrogen and oxygen atoms in total. The van der Waals surface area contributed by atoms with Crippen LogP contribution in [0.5, 0.6) is 0 Å². The Kier molecular flexibility index (Phi) is 7.42. The zero-order chi connectivity index (χ0) is 14.8. The Bertz CT molecular complexity index is 454. The molecule has 0 fully saturated rings. The highest BCUT2D eigenvalue weighted by Crippen LogP contribution is 2.14. The highest BCUT2D eigenvalue weighted by Gasteiger charge is 2.17. The molecule has 0 spiro atoms. The zero-order valence-electron chi connectivity index (χ0n) is 12.6. The van der Waals surface area contributed by atoms with Gasteiger partial charge in [-0.05, 0) is 24.5 Å². The minimum atomic E-state index is 0.0674.